The van der Waals surface area contributed by atoms with Gasteiger partial charge in [-0.3, -0.25) is 9.69 Å². The first-order valence-corrected chi connectivity index (χ1v) is 9.12. The van der Waals surface area contributed by atoms with E-state index in [-0.39, 0.29) is 5.91 Å². The minimum Gasteiger partial charge on any atom is -0.378 e. The summed E-state index contributed by atoms with van der Waals surface area (Å²) in [4.78, 5) is 16.5. The van der Waals surface area contributed by atoms with E-state index in [4.69, 9.17) is 12.2 Å². The molecule has 1 aliphatic heterocycles. The predicted molar refractivity (Wildman–Crippen MR) is 108 cm³/mol. The van der Waals surface area contributed by atoms with Gasteiger partial charge in [-0.25, -0.2) is 0 Å². The molecule has 140 valence electrons. The first-order chi connectivity index (χ1) is 12.7. The Morgan fingerprint density at radius 2 is 1.63 bits per heavy atom. The molecule has 0 atom stereocenters. The summed E-state index contributed by atoms with van der Waals surface area (Å²) in [6.07, 6.45) is -2.84. The van der Waals surface area contributed by atoms with Crippen molar-refractivity contribution in [2.45, 2.75) is 6.18 Å². The van der Waals surface area contributed by atoms with E-state index in [0.29, 0.717) is 20.5 Å². The molecule has 0 bridgehead atoms. The fourth-order valence-corrected chi connectivity index (χ4v) is 3.81. The molecule has 0 radical (unpaired) electrons. The van der Waals surface area contributed by atoms with Crippen LogP contribution in [0.2, 0.25) is 0 Å². The fraction of sp³-hybridized carbons (Fsp3) is 0.158. The van der Waals surface area contributed by atoms with Crippen LogP contribution < -0.4 is 9.80 Å². The van der Waals surface area contributed by atoms with E-state index in [1.54, 1.807) is 18.2 Å². The van der Waals surface area contributed by atoms with E-state index >= 15 is 0 Å². The Morgan fingerprint density at radius 1 is 1.04 bits per heavy atom. The fourth-order valence-electron chi connectivity index (χ4n) is 2.51. The van der Waals surface area contributed by atoms with Crippen molar-refractivity contribution < 1.29 is 18.0 Å². The van der Waals surface area contributed by atoms with Crippen LogP contribution in [0.25, 0.3) is 6.08 Å². The van der Waals surface area contributed by atoms with E-state index in [2.05, 4.69) is 0 Å². The van der Waals surface area contributed by atoms with Crippen LogP contribution in [-0.2, 0) is 11.0 Å². The lowest BCUT2D eigenvalue weighted by atomic mass is 10.1. The van der Waals surface area contributed by atoms with Gasteiger partial charge >= 0.3 is 6.18 Å². The van der Waals surface area contributed by atoms with E-state index in [0.717, 1.165) is 29.6 Å². The lowest BCUT2D eigenvalue weighted by molar-refractivity contribution is -0.137. The van der Waals surface area contributed by atoms with Crippen molar-refractivity contribution in [3.63, 3.8) is 0 Å². The molecule has 3 rings (SSSR count). The normalized spacial score (nSPS) is 16.3. The second-order valence-electron chi connectivity index (χ2n) is 6.05. The zero-order chi connectivity index (χ0) is 19.8. The number of halogens is 3. The lowest BCUT2D eigenvalue weighted by Crippen LogP contribution is -2.27. The molecule has 1 fully saturated rings. The summed E-state index contributed by atoms with van der Waals surface area (Å²) < 4.78 is 38.3. The summed E-state index contributed by atoms with van der Waals surface area (Å²) >= 11 is 6.44. The topological polar surface area (TPSA) is 23.6 Å². The summed E-state index contributed by atoms with van der Waals surface area (Å²) in [7, 11) is 3.84. The molecule has 0 saturated carbocycles. The van der Waals surface area contributed by atoms with Gasteiger partial charge in [0, 0.05) is 19.8 Å². The molecule has 0 aromatic heterocycles. The summed E-state index contributed by atoms with van der Waals surface area (Å²) in [5, 5.41) is 0. The number of hydrogen-bond acceptors (Lipinski definition) is 4. The summed E-state index contributed by atoms with van der Waals surface area (Å²) in [5.41, 5.74) is 1.42. The smallest absolute Gasteiger partial charge is 0.378 e. The molecule has 2 aromatic rings. The van der Waals surface area contributed by atoms with Crippen LogP contribution in [0.4, 0.5) is 24.5 Å². The van der Waals surface area contributed by atoms with Gasteiger partial charge in [0.25, 0.3) is 5.91 Å². The molecule has 0 spiro atoms. The molecule has 1 heterocycles. The highest BCUT2D eigenvalue weighted by atomic mass is 32.2. The number of carbonyl (C=O) groups is 1. The number of amides is 1. The minimum absolute atomic E-state index is 0.289. The van der Waals surface area contributed by atoms with Crippen LogP contribution in [0.15, 0.2) is 53.4 Å². The third-order valence-electron chi connectivity index (χ3n) is 3.95. The molecule has 1 amide bonds. The Morgan fingerprint density at radius 3 is 2.15 bits per heavy atom. The van der Waals surface area contributed by atoms with Crippen LogP contribution in [-0.4, -0.2) is 24.3 Å². The Bertz CT molecular complexity index is 904. The van der Waals surface area contributed by atoms with Crippen LogP contribution in [0, 0.1) is 0 Å². The largest absolute Gasteiger partial charge is 0.416 e. The second kappa shape index (κ2) is 7.36. The van der Waals surface area contributed by atoms with Gasteiger partial charge in [0.15, 0.2) is 4.32 Å². The first kappa shape index (κ1) is 19.4. The van der Waals surface area contributed by atoms with Gasteiger partial charge in [-0.15, -0.1) is 0 Å². The van der Waals surface area contributed by atoms with Crippen molar-refractivity contribution in [3.05, 3.63) is 64.6 Å². The van der Waals surface area contributed by atoms with E-state index < -0.39 is 11.7 Å². The number of nitrogens with zero attached hydrogens (tertiary/aromatic N) is 2. The number of thioether (sulfide) groups is 1. The SMILES string of the molecule is CN(C)c1ccc(N2C(=O)/C(=C/c3ccc(C(F)(F)F)cc3)SC2=S)cc1. The maximum Gasteiger partial charge on any atom is 0.416 e. The first-order valence-electron chi connectivity index (χ1n) is 7.89. The van der Waals surface area contributed by atoms with E-state index in [9.17, 15) is 18.0 Å². The Hall–Kier alpha value is -2.32. The highest BCUT2D eigenvalue weighted by Gasteiger charge is 2.33. The van der Waals surface area contributed by atoms with Crippen molar-refractivity contribution in [1.82, 2.24) is 0 Å². The van der Waals surface area contributed by atoms with Gasteiger partial charge in [0.1, 0.15) is 0 Å². The number of carbonyl (C=O) groups excluding carboxylic acids is 1. The van der Waals surface area contributed by atoms with Crippen molar-refractivity contribution in [2.24, 2.45) is 0 Å². The van der Waals surface area contributed by atoms with Crippen molar-refractivity contribution >= 4 is 51.7 Å². The van der Waals surface area contributed by atoms with Gasteiger partial charge in [-0.05, 0) is 48.0 Å². The zero-order valence-corrected chi connectivity index (χ0v) is 16.1. The molecule has 0 N–H and O–H groups in total. The van der Waals surface area contributed by atoms with Crippen molar-refractivity contribution in [2.75, 3.05) is 23.9 Å². The number of rotatable bonds is 3. The average molecular weight is 408 g/mol. The van der Waals surface area contributed by atoms with Crippen LogP contribution >= 0.6 is 24.0 Å². The van der Waals surface area contributed by atoms with Gasteiger partial charge < -0.3 is 4.90 Å². The molecular weight excluding hydrogens is 393 g/mol. The molecule has 8 heteroatoms. The summed E-state index contributed by atoms with van der Waals surface area (Å²) in [5.74, 6) is -0.289. The Kier molecular flexibility index (Phi) is 5.30. The van der Waals surface area contributed by atoms with Gasteiger partial charge in [0.2, 0.25) is 0 Å². The number of thiocarbonyl (C=S) groups is 1. The maximum absolute atomic E-state index is 12.7. The third kappa shape index (κ3) is 4.17. The zero-order valence-electron chi connectivity index (χ0n) is 14.4. The molecule has 0 aliphatic carbocycles. The summed E-state index contributed by atoms with van der Waals surface area (Å²) in [6, 6.07) is 12.0. The molecule has 3 nitrogen and oxygen atoms in total. The highest BCUT2D eigenvalue weighted by Crippen LogP contribution is 2.37. The number of anilines is 2. The van der Waals surface area contributed by atoms with Crippen LogP contribution in [0.1, 0.15) is 11.1 Å². The molecule has 1 saturated heterocycles. The Balaban J connectivity index is 1.84. The van der Waals surface area contributed by atoms with Crippen LogP contribution in [0.5, 0.6) is 0 Å². The lowest BCUT2D eigenvalue weighted by Gasteiger charge is -2.17. The second-order valence-corrected chi connectivity index (χ2v) is 7.72. The number of hydrogen-bond donors (Lipinski definition) is 0. The predicted octanol–water partition coefficient (Wildman–Crippen LogP) is 5.18. The van der Waals surface area contributed by atoms with Crippen LogP contribution in [0.3, 0.4) is 0 Å². The van der Waals surface area contributed by atoms with E-state index in [1.165, 1.54) is 17.0 Å². The molecule has 1 aliphatic rings. The maximum atomic E-state index is 12.7. The third-order valence-corrected chi connectivity index (χ3v) is 5.26. The van der Waals surface area contributed by atoms with E-state index in [1.807, 2.05) is 31.1 Å². The van der Waals surface area contributed by atoms with Gasteiger partial charge in [-0.2, -0.15) is 13.2 Å². The standard InChI is InChI=1S/C19H15F3N2OS2/c1-23(2)14-7-9-15(10-8-14)24-17(25)16(27-18(24)26)11-12-3-5-13(6-4-12)19(20,21)22/h3-11H,1-2H3/b16-11-. The molecule has 27 heavy (non-hydrogen) atoms. The van der Waals surface area contributed by atoms with Crippen molar-refractivity contribution in [3.8, 4) is 0 Å². The monoisotopic (exact) mass is 408 g/mol. The molecule has 0 unspecified atom stereocenters. The van der Waals surface area contributed by atoms with Gasteiger partial charge in [0.05, 0.1) is 16.2 Å². The quantitative estimate of drug-likeness (QED) is 0.516. The average Bonchev–Trinajstić information content (AvgIpc) is 2.88. The molecule has 2 aromatic carbocycles. The number of alkyl halides is 3. The molecular formula is C19H15F3N2OS2. The minimum atomic E-state index is -4.39. The highest BCUT2D eigenvalue weighted by molar-refractivity contribution is 8.27. The van der Waals surface area contributed by atoms with Crippen molar-refractivity contribution in [1.29, 1.82) is 0 Å². The summed E-state index contributed by atoms with van der Waals surface area (Å²) in [6.45, 7) is 0. The Labute approximate surface area is 164 Å². The number of benzene rings is 2. The van der Waals surface area contributed by atoms with Gasteiger partial charge in [-0.1, -0.05) is 36.1 Å².